The Morgan fingerprint density at radius 3 is 2.86 bits per heavy atom. The maximum atomic E-state index is 9.82. The first kappa shape index (κ1) is 10.1. The molecule has 1 fully saturated rings. The molecule has 4 heteroatoms. The Kier molecular flexibility index (Phi) is 2.60. The van der Waals surface area contributed by atoms with E-state index in [-0.39, 0.29) is 0 Å². The third kappa shape index (κ3) is 1.97. The van der Waals surface area contributed by atoms with Gasteiger partial charge in [-0.3, -0.25) is 4.90 Å². The van der Waals surface area contributed by atoms with Crippen LogP contribution in [0.1, 0.15) is 23.2 Å². The summed E-state index contributed by atoms with van der Waals surface area (Å²) in [6.07, 6.45) is 2.79. The van der Waals surface area contributed by atoms with E-state index in [2.05, 4.69) is 9.88 Å². The highest BCUT2D eigenvalue weighted by Crippen LogP contribution is 2.26. The summed E-state index contributed by atoms with van der Waals surface area (Å²) in [4.78, 5) is 7.77. The standard InChI is InChI=1S/C10H16N2OS/c1-3-10(13)6-12(7-10)5-9-4-11-8(2)14-9/h4,13H,3,5-7H2,1-2H3. The van der Waals surface area contributed by atoms with Gasteiger partial charge in [-0.25, -0.2) is 4.98 Å². The fraction of sp³-hybridized carbons (Fsp3) is 0.700. The van der Waals surface area contributed by atoms with Crippen molar-refractivity contribution in [3.05, 3.63) is 16.1 Å². The van der Waals surface area contributed by atoms with Gasteiger partial charge in [0, 0.05) is 30.7 Å². The molecule has 2 rings (SSSR count). The van der Waals surface area contributed by atoms with Gasteiger partial charge in [0.05, 0.1) is 10.6 Å². The van der Waals surface area contributed by atoms with Crippen molar-refractivity contribution in [3.63, 3.8) is 0 Å². The number of aryl methyl sites for hydroxylation is 1. The minimum absolute atomic E-state index is 0.417. The number of nitrogens with zero attached hydrogens (tertiary/aromatic N) is 2. The van der Waals surface area contributed by atoms with Crippen molar-refractivity contribution >= 4 is 11.3 Å². The molecule has 0 aromatic carbocycles. The van der Waals surface area contributed by atoms with E-state index in [0.29, 0.717) is 0 Å². The molecule has 1 aliphatic heterocycles. The second-order valence-electron chi connectivity index (χ2n) is 4.07. The first-order chi connectivity index (χ1) is 6.61. The molecule has 0 saturated carbocycles. The first-order valence-corrected chi connectivity index (χ1v) is 5.79. The van der Waals surface area contributed by atoms with Gasteiger partial charge in [0.1, 0.15) is 0 Å². The number of aliphatic hydroxyl groups is 1. The number of likely N-dealkylation sites (tertiary alicyclic amines) is 1. The molecule has 0 amide bonds. The summed E-state index contributed by atoms with van der Waals surface area (Å²) >= 11 is 1.74. The van der Waals surface area contributed by atoms with Gasteiger partial charge in [-0.05, 0) is 13.3 Å². The SMILES string of the molecule is CCC1(O)CN(Cc2cnc(C)s2)C1. The lowest BCUT2D eigenvalue weighted by Crippen LogP contribution is -2.60. The summed E-state index contributed by atoms with van der Waals surface area (Å²) < 4.78 is 0. The summed E-state index contributed by atoms with van der Waals surface area (Å²) in [5.74, 6) is 0. The molecule has 1 saturated heterocycles. The van der Waals surface area contributed by atoms with Gasteiger partial charge in [-0.2, -0.15) is 0 Å². The van der Waals surface area contributed by atoms with Gasteiger partial charge < -0.3 is 5.11 Å². The molecule has 1 aliphatic rings. The smallest absolute Gasteiger partial charge is 0.0897 e. The normalized spacial score (nSPS) is 20.8. The minimum Gasteiger partial charge on any atom is -0.387 e. The highest BCUT2D eigenvalue weighted by molar-refractivity contribution is 7.11. The van der Waals surface area contributed by atoms with Crippen molar-refractivity contribution < 1.29 is 5.11 Å². The predicted octanol–water partition coefficient (Wildman–Crippen LogP) is 1.41. The van der Waals surface area contributed by atoms with Crippen LogP contribution in [-0.2, 0) is 6.54 Å². The summed E-state index contributed by atoms with van der Waals surface area (Å²) in [5, 5.41) is 10.9. The van der Waals surface area contributed by atoms with E-state index in [9.17, 15) is 5.11 Å². The number of hydrogen-bond donors (Lipinski definition) is 1. The fourth-order valence-electron chi connectivity index (χ4n) is 1.82. The minimum atomic E-state index is -0.417. The Bertz CT molecular complexity index is 318. The number of thiazole rings is 1. The van der Waals surface area contributed by atoms with Crippen molar-refractivity contribution in [2.45, 2.75) is 32.4 Å². The summed E-state index contributed by atoms with van der Waals surface area (Å²) in [6, 6.07) is 0. The van der Waals surface area contributed by atoms with E-state index in [1.54, 1.807) is 11.3 Å². The zero-order chi connectivity index (χ0) is 10.2. The van der Waals surface area contributed by atoms with Crippen LogP contribution in [0.4, 0.5) is 0 Å². The topological polar surface area (TPSA) is 36.4 Å². The number of β-amino-alcohol motifs (C(OH)–C–C–N with tert-alkyl or cyclic N) is 1. The molecule has 0 aliphatic carbocycles. The molecule has 0 bridgehead atoms. The highest BCUT2D eigenvalue weighted by atomic mass is 32.1. The molecule has 0 atom stereocenters. The van der Waals surface area contributed by atoms with Gasteiger partial charge in [0.2, 0.25) is 0 Å². The lowest BCUT2D eigenvalue weighted by atomic mass is 9.91. The Balaban J connectivity index is 1.85. The molecule has 1 aromatic rings. The maximum absolute atomic E-state index is 9.82. The Morgan fingerprint density at radius 1 is 1.64 bits per heavy atom. The second kappa shape index (κ2) is 3.61. The average molecular weight is 212 g/mol. The number of aromatic nitrogens is 1. The van der Waals surface area contributed by atoms with Crippen molar-refractivity contribution in [2.24, 2.45) is 0 Å². The molecule has 78 valence electrons. The zero-order valence-corrected chi connectivity index (χ0v) is 9.47. The molecular weight excluding hydrogens is 196 g/mol. The molecule has 14 heavy (non-hydrogen) atoms. The van der Waals surface area contributed by atoms with E-state index >= 15 is 0 Å². The summed E-state index contributed by atoms with van der Waals surface area (Å²) in [6.45, 7) is 6.61. The molecule has 1 aromatic heterocycles. The van der Waals surface area contributed by atoms with Gasteiger partial charge in [-0.15, -0.1) is 11.3 Å². The van der Waals surface area contributed by atoms with Crippen LogP contribution in [0.5, 0.6) is 0 Å². The maximum Gasteiger partial charge on any atom is 0.0897 e. The fourth-order valence-corrected chi connectivity index (χ4v) is 2.66. The quantitative estimate of drug-likeness (QED) is 0.823. The van der Waals surface area contributed by atoms with Crippen LogP contribution in [0.25, 0.3) is 0 Å². The van der Waals surface area contributed by atoms with Gasteiger partial charge in [0.25, 0.3) is 0 Å². The van der Waals surface area contributed by atoms with E-state index in [1.165, 1.54) is 4.88 Å². The summed E-state index contributed by atoms with van der Waals surface area (Å²) in [7, 11) is 0. The lowest BCUT2D eigenvalue weighted by Gasteiger charge is -2.46. The summed E-state index contributed by atoms with van der Waals surface area (Å²) in [5.41, 5.74) is -0.417. The monoisotopic (exact) mass is 212 g/mol. The van der Waals surface area contributed by atoms with Gasteiger partial charge >= 0.3 is 0 Å². The Morgan fingerprint density at radius 2 is 2.36 bits per heavy atom. The molecule has 0 unspecified atom stereocenters. The Hall–Kier alpha value is -0.450. The van der Waals surface area contributed by atoms with E-state index in [1.807, 2.05) is 20.0 Å². The molecule has 2 heterocycles. The second-order valence-corrected chi connectivity index (χ2v) is 5.39. The van der Waals surface area contributed by atoms with Crippen LogP contribution in [0.15, 0.2) is 6.20 Å². The first-order valence-electron chi connectivity index (χ1n) is 4.97. The van der Waals surface area contributed by atoms with Crippen LogP contribution in [0, 0.1) is 6.92 Å². The zero-order valence-electron chi connectivity index (χ0n) is 8.66. The van der Waals surface area contributed by atoms with Crippen molar-refractivity contribution in [3.8, 4) is 0 Å². The van der Waals surface area contributed by atoms with Crippen LogP contribution in [-0.4, -0.2) is 33.7 Å². The molecule has 0 radical (unpaired) electrons. The highest BCUT2D eigenvalue weighted by Gasteiger charge is 2.39. The Labute approximate surface area is 88.4 Å². The molecule has 3 nitrogen and oxygen atoms in total. The van der Waals surface area contributed by atoms with Crippen LogP contribution in [0.2, 0.25) is 0 Å². The van der Waals surface area contributed by atoms with E-state index < -0.39 is 5.60 Å². The van der Waals surface area contributed by atoms with E-state index in [0.717, 1.165) is 31.1 Å². The molecular formula is C10H16N2OS. The molecule has 0 spiro atoms. The third-order valence-corrected chi connectivity index (χ3v) is 3.64. The predicted molar refractivity (Wildman–Crippen MR) is 57.4 cm³/mol. The largest absolute Gasteiger partial charge is 0.387 e. The van der Waals surface area contributed by atoms with Crippen LogP contribution in [0.3, 0.4) is 0 Å². The average Bonchev–Trinajstić information content (AvgIpc) is 2.48. The third-order valence-electron chi connectivity index (χ3n) is 2.74. The number of rotatable bonds is 3. The number of hydrogen-bond acceptors (Lipinski definition) is 4. The lowest BCUT2D eigenvalue weighted by molar-refractivity contribution is -0.103. The van der Waals surface area contributed by atoms with E-state index in [4.69, 9.17) is 0 Å². The van der Waals surface area contributed by atoms with Gasteiger partial charge in [0.15, 0.2) is 0 Å². The van der Waals surface area contributed by atoms with Crippen molar-refractivity contribution in [1.82, 2.24) is 9.88 Å². The van der Waals surface area contributed by atoms with Crippen molar-refractivity contribution in [2.75, 3.05) is 13.1 Å². The molecule has 1 N–H and O–H groups in total. The van der Waals surface area contributed by atoms with Crippen LogP contribution >= 0.6 is 11.3 Å². The van der Waals surface area contributed by atoms with Crippen molar-refractivity contribution in [1.29, 1.82) is 0 Å². The van der Waals surface area contributed by atoms with Crippen LogP contribution < -0.4 is 0 Å². The van der Waals surface area contributed by atoms with Gasteiger partial charge in [-0.1, -0.05) is 6.92 Å².